The highest BCUT2D eigenvalue weighted by molar-refractivity contribution is 5.65. The summed E-state index contributed by atoms with van der Waals surface area (Å²) in [6.07, 6.45) is 8.58. The summed E-state index contributed by atoms with van der Waals surface area (Å²) in [6, 6.07) is 18.2. The summed E-state index contributed by atoms with van der Waals surface area (Å²) in [6.45, 7) is 1.72. The van der Waals surface area contributed by atoms with Gasteiger partial charge in [-0.2, -0.15) is 0 Å². The maximum Gasteiger partial charge on any atom is 0.148 e. The zero-order chi connectivity index (χ0) is 22.5. The van der Waals surface area contributed by atoms with Crippen LogP contribution in [0.1, 0.15) is 36.8 Å². The molecule has 1 unspecified atom stereocenters. The molecule has 0 saturated carbocycles. The van der Waals surface area contributed by atoms with Gasteiger partial charge in [0.25, 0.3) is 0 Å². The average molecular weight is 441 g/mol. The van der Waals surface area contributed by atoms with Crippen LogP contribution >= 0.6 is 0 Å². The van der Waals surface area contributed by atoms with E-state index < -0.39 is 0 Å². The number of pyridine rings is 2. The van der Waals surface area contributed by atoms with Crippen molar-refractivity contribution in [1.82, 2.24) is 24.8 Å². The van der Waals surface area contributed by atoms with Gasteiger partial charge in [-0.3, -0.25) is 14.9 Å². The second-order valence-corrected chi connectivity index (χ2v) is 8.17. The maximum absolute atomic E-state index is 13.8. The number of hydrogen-bond donors (Lipinski definition) is 1. The summed E-state index contributed by atoms with van der Waals surface area (Å²) < 4.78 is 13.8. The van der Waals surface area contributed by atoms with Crippen LogP contribution in [0.25, 0.3) is 11.3 Å². The molecule has 1 aliphatic heterocycles. The number of rotatable bonds is 6. The second-order valence-electron chi connectivity index (χ2n) is 8.17. The van der Waals surface area contributed by atoms with Gasteiger partial charge in [0.15, 0.2) is 0 Å². The van der Waals surface area contributed by atoms with Crippen molar-refractivity contribution in [3.63, 3.8) is 0 Å². The third kappa shape index (κ3) is 5.21. The highest BCUT2D eigenvalue weighted by Gasteiger charge is 2.27. The zero-order valence-electron chi connectivity index (χ0n) is 18.2. The number of likely N-dealkylation sites (tertiary alicyclic amines) is 1. The van der Waals surface area contributed by atoms with E-state index in [2.05, 4.69) is 26.3 Å². The van der Waals surface area contributed by atoms with E-state index in [-0.39, 0.29) is 11.9 Å². The Bertz CT molecular complexity index is 1200. The minimum absolute atomic E-state index is 0.0793. The van der Waals surface area contributed by atoms with Gasteiger partial charge < -0.3 is 5.32 Å². The minimum atomic E-state index is -0.294. The number of nitrogens with one attached hydrogen (secondary N) is 1. The molecule has 166 valence electrons. The Morgan fingerprint density at radius 1 is 0.939 bits per heavy atom. The van der Waals surface area contributed by atoms with E-state index in [4.69, 9.17) is 9.97 Å². The Hall–Kier alpha value is -3.71. The minimum Gasteiger partial charge on any atom is -0.340 e. The first-order valence-corrected chi connectivity index (χ1v) is 11.2. The molecule has 1 atom stereocenters. The molecule has 5 rings (SSSR count). The molecule has 1 fully saturated rings. The Morgan fingerprint density at radius 3 is 2.67 bits per heavy atom. The SMILES string of the molecule is Fc1cccc(Nc2cc(-c3ccncc3)nc(C3CCCCN3Cc3ccccn3)n2)c1. The van der Waals surface area contributed by atoms with E-state index in [1.165, 1.54) is 12.1 Å². The van der Waals surface area contributed by atoms with E-state index in [1.54, 1.807) is 18.5 Å². The molecule has 1 N–H and O–H groups in total. The predicted molar refractivity (Wildman–Crippen MR) is 126 cm³/mol. The molecular formula is C26H25FN6. The molecule has 4 heterocycles. The van der Waals surface area contributed by atoms with Gasteiger partial charge in [0.05, 0.1) is 17.4 Å². The molecule has 1 saturated heterocycles. The number of anilines is 2. The molecular weight excluding hydrogens is 415 g/mol. The molecule has 7 heteroatoms. The Balaban J connectivity index is 1.51. The van der Waals surface area contributed by atoms with Crippen molar-refractivity contribution in [3.05, 3.63) is 96.6 Å². The monoisotopic (exact) mass is 440 g/mol. The van der Waals surface area contributed by atoms with Gasteiger partial charge in [-0.25, -0.2) is 14.4 Å². The fourth-order valence-electron chi connectivity index (χ4n) is 4.24. The lowest BCUT2D eigenvalue weighted by Crippen LogP contribution is -2.34. The normalized spacial score (nSPS) is 16.5. The largest absolute Gasteiger partial charge is 0.340 e. The molecule has 6 nitrogen and oxygen atoms in total. The fraction of sp³-hybridized carbons (Fsp3) is 0.231. The second kappa shape index (κ2) is 9.83. The molecule has 0 aliphatic carbocycles. The Kier molecular flexibility index (Phi) is 6.30. The van der Waals surface area contributed by atoms with Gasteiger partial charge in [-0.05, 0) is 61.9 Å². The number of hydrogen-bond acceptors (Lipinski definition) is 6. The van der Waals surface area contributed by atoms with Crippen molar-refractivity contribution >= 4 is 11.5 Å². The Morgan fingerprint density at radius 2 is 1.85 bits per heavy atom. The fourth-order valence-corrected chi connectivity index (χ4v) is 4.24. The van der Waals surface area contributed by atoms with Crippen LogP contribution in [0.15, 0.2) is 79.3 Å². The molecule has 33 heavy (non-hydrogen) atoms. The topological polar surface area (TPSA) is 66.8 Å². The molecule has 0 spiro atoms. The van der Waals surface area contributed by atoms with Crippen molar-refractivity contribution in [2.24, 2.45) is 0 Å². The third-order valence-corrected chi connectivity index (χ3v) is 5.82. The molecule has 4 aromatic rings. The van der Waals surface area contributed by atoms with E-state index in [9.17, 15) is 4.39 Å². The number of halogens is 1. The van der Waals surface area contributed by atoms with E-state index in [1.807, 2.05) is 42.6 Å². The molecule has 0 amide bonds. The van der Waals surface area contributed by atoms with E-state index in [0.29, 0.717) is 11.5 Å². The average Bonchev–Trinajstić information content (AvgIpc) is 2.85. The lowest BCUT2D eigenvalue weighted by Gasteiger charge is -2.34. The zero-order valence-corrected chi connectivity index (χ0v) is 18.2. The van der Waals surface area contributed by atoms with Gasteiger partial charge in [0.1, 0.15) is 17.5 Å². The molecule has 0 bridgehead atoms. The highest BCUT2D eigenvalue weighted by Crippen LogP contribution is 2.32. The van der Waals surface area contributed by atoms with Gasteiger partial charge in [0.2, 0.25) is 0 Å². The van der Waals surface area contributed by atoms with Crippen LogP contribution in [-0.4, -0.2) is 31.4 Å². The quantitative estimate of drug-likeness (QED) is 0.424. The number of nitrogens with zero attached hydrogens (tertiary/aromatic N) is 5. The first-order chi connectivity index (χ1) is 16.2. The maximum atomic E-state index is 13.8. The summed E-state index contributed by atoms with van der Waals surface area (Å²) in [5.74, 6) is 1.11. The van der Waals surface area contributed by atoms with Gasteiger partial charge >= 0.3 is 0 Å². The van der Waals surface area contributed by atoms with Gasteiger partial charge in [-0.1, -0.05) is 18.6 Å². The van der Waals surface area contributed by atoms with Crippen LogP contribution in [0, 0.1) is 5.82 Å². The van der Waals surface area contributed by atoms with Crippen molar-refractivity contribution in [3.8, 4) is 11.3 Å². The van der Waals surface area contributed by atoms with Crippen LogP contribution in [0.4, 0.5) is 15.9 Å². The first kappa shape index (κ1) is 21.2. The standard InChI is InChI=1S/C26H25FN6/c27-20-6-5-8-21(16-20)30-25-17-23(19-10-13-28-14-11-19)31-26(32-25)24-9-2-4-15-33(24)18-22-7-1-3-12-29-22/h1,3,5-8,10-14,16-17,24H,2,4,9,15,18H2,(H,30,31,32). The summed E-state index contributed by atoms with van der Waals surface area (Å²) in [4.78, 5) is 20.9. The lowest BCUT2D eigenvalue weighted by molar-refractivity contribution is 0.132. The smallest absolute Gasteiger partial charge is 0.148 e. The predicted octanol–water partition coefficient (Wildman–Crippen LogP) is 5.54. The molecule has 0 radical (unpaired) electrons. The van der Waals surface area contributed by atoms with Crippen LogP contribution in [-0.2, 0) is 6.54 Å². The molecule has 3 aromatic heterocycles. The van der Waals surface area contributed by atoms with Gasteiger partial charge in [-0.15, -0.1) is 0 Å². The number of piperidine rings is 1. The van der Waals surface area contributed by atoms with Gasteiger partial charge in [0, 0.05) is 42.5 Å². The Labute approximate surface area is 192 Å². The molecule has 1 aromatic carbocycles. The lowest BCUT2D eigenvalue weighted by atomic mass is 10.0. The summed E-state index contributed by atoms with van der Waals surface area (Å²) in [5.41, 5.74) is 3.45. The highest BCUT2D eigenvalue weighted by atomic mass is 19.1. The van der Waals surface area contributed by atoms with Crippen LogP contribution in [0.3, 0.4) is 0 Å². The summed E-state index contributed by atoms with van der Waals surface area (Å²) in [7, 11) is 0. The van der Waals surface area contributed by atoms with Crippen molar-refractivity contribution in [2.75, 3.05) is 11.9 Å². The van der Waals surface area contributed by atoms with Crippen LogP contribution in [0.2, 0.25) is 0 Å². The summed E-state index contributed by atoms with van der Waals surface area (Å²) >= 11 is 0. The number of benzene rings is 1. The van der Waals surface area contributed by atoms with E-state index >= 15 is 0 Å². The van der Waals surface area contributed by atoms with Crippen molar-refractivity contribution in [2.45, 2.75) is 31.8 Å². The van der Waals surface area contributed by atoms with E-state index in [0.717, 1.165) is 55.1 Å². The van der Waals surface area contributed by atoms with Crippen LogP contribution < -0.4 is 5.32 Å². The van der Waals surface area contributed by atoms with Crippen molar-refractivity contribution < 1.29 is 4.39 Å². The summed E-state index contributed by atoms with van der Waals surface area (Å²) in [5, 5.41) is 3.26. The first-order valence-electron chi connectivity index (χ1n) is 11.2. The van der Waals surface area contributed by atoms with Crippen LogP contribution in [0.5, 0.6) is 0 Å². The van der Waals surface area contributed by atoms with Crippen molar-refractivity contribution in [1.29, 1.82) is 0 Å². The third-order valence-electron chi connectivity index (χ3n) is 5.82. The number of aromatic nitrogens is 4. The molecule has 1 aliphatic rings.